The lowest BCUT2D eigenvalue weighted by Crippen LogP contribution is -1.98. The highest BCUT2D eigenvalue weighted by Crippen LogP contribution is 2.25. The summed E-state index contributed by atoms with van der Waals surface area (Å²) in [5.41, 5.74) is 5.40. The van der Waals surface area contributed by atoms with Crippen LogP contribution in [0.5, 0.6) is 5.75 Å². The Labute approximate surface area is 122 Å². The van der Waals surface area contributed by atoms with Crippen molar-refractivity contribution in [3.63, 3.8) is 0 Å². The average Bonchev–Trinajstić information content (AvgIpc) is 2.41. The average molecular weight is 268 g/mol. The SMILES string of the molecule is CC(C)c1cc(Cc2ccc(O)cc2)cc(C(C)C)c1. The Morgan fingerprint density at radius 3 is 1.70 bits per heavy atom. The Morgan fingerprint density at radius 2 is 1.25 bits per heavy atom. The Balaban J connectivity index is 2.32. The first-order chi connectivity index (χ1) is 9.45. The predicted octanol–water partition coefficient (Wildman–Crippen LogP) is 5.23. The van der Waals surface area contributed by atoms with Crippen molar-refractivity contribution in [2.75, 3.05) is 0 Å². The molecule has 0 radical (unpaired) electrons. The molecule has 0 bridgehead atoms. The fourth-order valence-corrected chi connectivity index (χ4v) is 2.36. The molecule has 1 nitrogen and oxygen atoms in total. The van der Waals surface area contributed by atoms with Crippen LogP contribution < -0.4 is 0 Å². The molecular weight excluding hydrogens is 244 g/mol. The van der Waals surface area contributed by atoms with E-state index in [1.807, 2.05) is 12.1 Å². The molecule has 0 atom stereocenters. The van der Waals surface area contributed by atoms with Crippen LogP contribution in [0.2, 0.25) is 0 Å². The third-order valence-electron chi connectivity index (χ3n) is 3.72. The maximum absolute atomic E-state index is 9.36. The molecule has 0 aliphatic carbocycles. The van der Waals surface area contributed by atoms with E-state index in [9.17, 15) is 5.11 Å². The second-order valence-corrected chi connectivity index (χ2v) is 6.16. The van der Waals surface area contributed by atoms with E-state index in [2.05, 4.69) is 45.9 Å². The summed E-state index contributed by atoms with van der Waals surface area (Å²) in [6.45, 7) is 8.96. The molecule has 106 valence electrons. The molecule has 0 aromatic heterocycles. The van der Waals surface area contributed by atoms with Crippen molar-refractivity contribution in [3.8, 4) is 5.75 Å². The van der Waals surface area contributed by atoms with E-state index in [4.69, 9.17) is 0 Å². The second kappa shape index (κ2) is 6.13. The van der Waals surface area contributed by atoms with Crippen LogP contribution in [0.4, 0.5) is 0 Å². The van der Waals surface area contributed by atoms with Gasteiger partial charge < -0.3 is 5.11 Å². The summed E-state index contributed by atoms with van der Waals surface area (Å²) in [6, 6.07) is 14.4. The van der Waals surface area contributed by atoms with E-state index in [0.29, 0.717) is 17.6 Å². The normalized spacial score (nSPS) is 11.3. The van der Waals surface area contributed by atoms with Crippen molar-refractivity contribution in [1.82, 2.24) is 0 Å². The van der Waals surface area contributed by atoms with Crippen molar-refractivity contribution < 1.29 is 5.11 Å². The molecule has 1 N–H and O–H groups in total. The Hall–Kier alpha value is -1.76. The first kappa shape index (κ1) is 14.6. The summed E-state index contributed by atoms with van der Waals surface area (Å²) in [5, 5.41) is 9.36. The van der Waals surface area contributed by atoms with Crippen molar-refractivity contribution >= 4 is 0 Å². The van der Waals surface area contributed by atoms with Gasteiger partial charge in [-0.1, -0.05) is 58.0 Å². The van der Waals surface area contributed by atoms with Gasteiger partial charge in [0.25, 0.3) is 0 Å². The van der Waals surface area contributed by atoms with Crippen LogP contribution in [0.1, 0.15) is 61.8 Å². The van der Waals surface area contributed by atoms with E-state index in [1.165, 1.54) is 22.3 Å². The zero-order chi connectivity index (χ0) is 14.7. The van der Waals surface area contributed by atoms with E-state index in [0.717, 1.165) is 6.42 Å². The molecule has 0 fully saturated rings. The number of hydrogen-bond donors (Lipinski definition) is 1. The van der Waals surface area contributed by atoms with Gasteiger partial charge in [-0.15, -0.1) is 0 Å². The fourth-order valence-electron chi connectivity index (χ4n) is 2.36. The van der Waals surface area contributed by atoms with Crippen LogP contribution in [0.25, 0.3) is 0 Å². The number of benzene rings is 2. The molecule has 0 aliphatic heterocycles. The van der Waals surface area contributed by atoms with Crippen LogP contribution in [0, 0.1) is 0 Å². The minimum Gasteiger partial charge on any atom is -0.508 e. The minimum absolute atomic E-state index is 0.326. The third-order valence-corrected chi connectivity index (χ3v) is 3.72. The molecule has 0 saturated heterocycles. The highest BCUT2D eigenvalue weighted by molar-refractivity contribution is 5.37. The second-order valence-electron chi connectivity index (χ2n) is 6.16. The van der Waals surface area contributed by atoms with Crippen LogP contribution >= 0.6 is 0 Å². The minimum atomic E-state index is 0.326. The van der Waals surface area contributed by atoms with Gasteiger partial charge in [-0.25, -0.2) is 0 Å². The maximum Gasteiger partial charge on any atom is 0.115 e. The van der Waals surface area contributed by atoms with Crippen molar-refractivity contribution in [2.45, 2.75) is 46.0 Å². The Morgan fingerprint density at radius 1 is 0.750 bits per heavy atom. The standard InChI is InChI=1S/C19H24O/c1-13(2)17-10-16(11-18(12-17)14(3)4)9-15-5-7-19(20)8-6-15/h5-8,10-14,20H,9H2,1-4H3. The lowest BCUT2D eigenvalue weighted by Gasteiger charge is -2.14. The van der Waals surface area contributed by atoms with E-state index in [1.54, 1.807) is 12.1 Å². The molecule has 0 amide bonds. The zero-order valence-corrected chi connectivity index (χ0v) is 12.9. The molecule has 0 aliphatic rings. The van der Waals surface area contributed by atoms with E-state index >= 15 is 0 Å². The highest BCUT2D eigenvalue weighted by atomic mass is 16.3. The summed E-state index contributed by atoms with van der Waals surface area (Å²) in [7, 11) is 0. The van der Waals surface area contributed by atoms with Crippen LogP contribution in [0.3, 0.4) is 0 Å². The topological polar surface area (TPSA) is 20.2 Å². The smallest absolute Gasteiger partial charge is 0.115 e. The molecule has 2 aromatic carbocycles. The molecule has 0 spiro atoms. The monoisotopic (exact) mass is 268 g/mol. The largest absolute Gasteiger partial charge is 0.508 e. The van der Waals surface area contributed by atoms with Gasteiger partial charge in [0.2, 0.25) is 0 Å². The third kappa shape index (κ3) is 3.63. The molecule has 0 saturated carbocycles. The van der Waals surface area contributed by atoms with Crippen molar-refractivity contribution in [2.24, 2.45) is 0 Å². The van der Waals surface area contributed by atoms with E-state index < -0.39 is 0 Å². The van der Waals surface area contributed by atoms with Crippen molar-refractivity contribution in [1.29, 1.82) is 0 Å². The Bertz CT molecular complexity index is 539. The van der Waals surface area contributed by atoms with Crippen molar-refractivity contribution in [3.05, 3.63) is 64.7 Å². The predicted molar refractivity (Wildman–Crippen MR) is 85.5 cm³/mol. The summed E-state index contributed by atoms with van der Waals surface area (Å²) in [4.78, 5) is 0. The van der Waals surface area contributed by atoms with Gasteiger partial charge in [-0.3, -0.25) is 0 Å². The van der Waals surface area contributed by atoms with Gasteiger partial charge in [-0.05, 0) is 52.6 Å². The summed E-state index contributed by atoms with van der Waals surface area (Å²) >= 11 is 0. The van der Waals surface area contributed by atoms with Gasteiger partial charge in [0.15, 0.2) is 0 Å². The van der Waals surface area contributed by atoms with Gasteiger partial charge in [0.1, 0.15) is 5.75 Å². The van der Waals surface area contributed by atoms with Gasteiger partial charge >= 0.3 is 0 Å². The molecular formula is C19H24O. The number of hydrogen-bond acceptors (Lipinski definition) is 1. The first-order valence-corrected chi connectivity index (χ1v) is 7.37. The lowest BCUT2D eigenvalue weighted by atomic mass is 9.91. The zero-order valence-electron chi connectivity index (χ0n) is 12.9. The number of phenols is 1. The van der Waals surface area contributed by atoms with Gasteiger partial charge in [0, 0.05) is 0 Å². The summed E-state index contributed by atoms with van der Waals surface area (Å²) < 4.78 is 0. The first-order valence-electron chi connectivity index (χ1n) is 7.37. The number of aromatic hydroxyl groups is 1. The number of rotatable bonds is 4. The molecule has 0 heterocycles. The van der Waals surface area contributed by atoms with E-state index in [-0.39, 0.29) is 0 Å². The fraction of sp³-hybridized carbons (Fsp3) is 0.368. The quantitative estimate of drug-likeness (QED) is 0.805. The molecule has 2 rings (SSSR count). The Kier molecular flexibility index (Phi) is 4.49. The molecule has 20 heavy (non-hydrogen) atoms. The molecule has 1 heteroatoms. The highest BCUT2D eigenvalue weighted by Gasteiger charge is 2.08. The van der Waals surface area contributed by atoms with Gasteiger partial charge in [-0.2, -0.15) is 0 Å². The van der Waals surface area contributed by atoms with Gasteiger partial charge in [0.05, 0.1) is 0 Å². The molecule has 2 aromatic rings. The summed E-state index contributed by atoms with van der Waals surface area (Å²) in [6.07, 6.45) is 0.917. The number of phenolic OH excluding ortho intramolecular Hbond substituents is 1. The summed E-state index contributed by atoms with van der Waals surface area (Å²) in [5.74, 6) is 1.42. The van der Waals surface area contributed by atoms with Crippen LogP contribution in [-0.4, -0.2) is 5.11 Å². The van der Waals surface area contributed by atoms with Crippen LogP contribution in [0.15, 0.2) is 42.5 Å². The molecule has 0 unspecified atom stereocenters. The van der Waals surface area contributed by atoms with Crippen LogP contribution in [-0.2, 0) is 6.42 Å². The lowest BCUT2D eigenvalue weighted by molar-refractivity contribution is 0.475. The maximum atomic E-state index is 9.36.